The second-order valence-electron chi connectivity index (χ2n) is 6.19. The molecule has 8 nitrogen and oxygen atoms in total. The summed E-state index contributed by atoms with van der Waals surface area (Å²) in [5.74, 6) is 1.23. The molecule has 3 N–H and O–H groups in total. The third-order valence-corrected chi connectivity index (χ3v) is 4.13. The highest BCUT2D eigenvalue weighted by molar-refractivity contribution is 5.94. The highest BCUT2D eigenvalue weighted by Crippen LogP contribution is 2.23. The van der Waals surface area contributed by atoms with E-state index in [1.165, 1.54) is 12.3 Å². The highest BCUT2D eigenvalue weighted by atomic mass is 16.3. The van der Waals surface area contributed by atoms with Gasteiger partial charge in [-0.25, -0.2) is 4.98 Å². The lowest BCUT2D eigenvalue weighted by Gasteiger charge is -2.22. The van der Waals surface area contributed by atoms with Crippen LogP contribution in [-0.2, 0) is 13.0 Å². The Kier molecular flexibility index (Phi) is 4.75. The van der Waals surface area contributed by atoms with Gasteiger partial charge in [0, 0.05) is 32.3 Å². The standard InChI is InChI=1S/C16H22N6O2/c1-10(2)13(19-16(24)14-11(23)4-3-6-18-14)15-21-20-12-5-7-17-8-9-22(12)15/h3-4,6,10,13,17,23H,5,7-9H2,1-2H3,(H,19,24). The summed E-state index contributed by atoms with van der Waals surface area (Å²) in [6.45, 7) is 6.52. The predicted octanol–water partition coefficient (Wildman–Crippen LogP) is 0.651. The van der Waals surface area contributed by atoms with Gasteiger partial charge in [0.1, 0.15) is 11.6 Å². The summed E-state index contributed by atoms with van der Waals surface area (Å²) in [4.78, 5) is 16.5. The van der Waals surface area contributed by atoms with Crippen molar-refractivity contribution < 1.29 is 9.90 Å². The van der Waals surface area contributed by atoms with Gasteiger partial charge >= 0.3 is 0 Å². The van der Waals surface area contributed by atoms with Crippen LogP contribution in [0.15, 0.2) is 18.3 Å². The maximum atomic E-state index is 12.5. The van der Waals surface area contributed by atoms with E-state index >= 15 is 0 Å². The molecule has 128 valence electrons. The van der Waals surface area contributed by atoms with Gasteiger partial charge in [0.15, 0.2) is 11.5 Å². The van der Waals surface area contributed by atoms with Crippen LogP contribution in [0, 0.1) is 5.92 Å². The van der Waals surface area contributed by atoms with Crippen molar-refractivity contribution in [1.82, 2.24) is 30.4 Å². The monoisotopic (exact) mass is 330 g/mol. The van der Waals surface area contributed by atoms with E-state index in [0.29, 0.717) is 0 Å². The maximum absolute atomic E-state index is 12.5. The zero-order valence-corrected chi connectivity index (χ0v) is 13.9. The minimum Gasteiger partial charge on any atom is -0.505 e. The fourth-order valence-corrected chi connectivity index (χ4v) is 2.83. The van der Waals surface area contributed by atoms with Crippen molar-refractivity contribution in [3.05, 3.63) is 35.7 Å². The van der Waals surface area contributed by atoms with E-state index in [1.54, 1.807) is 6.07 Å². The van der Waals surface area contributed by atoms with Gasteiger partial charge in [-0.05, 0) is 18.1 Å². The van der Waals surface area contributed by atoms with Crippen molar-refractivity contribution in [3.8, 4) is 5.75 Å². The Morgan fingerprint density at radius 3 is 2.96 bits per heavy atom. The number of carbonyl (C=O) groups is 1. The molecule has 24 heavy (non-hydrogen) atoms. The summed E-state index contributed by atoms with van der Waals surface area (Å²) < 4.78 is 2.07. The van der Waals surface area contributed by atoms with E-state index in [0.717, 1.165) is 37.7 Å². The van der Waals surface area contributed by atoms with E-state index in [-0.39, 0.29) is 23.4 Å². The maximum Gasteiger partial charge on any atom is 0.274 e. The molecular formula is C16H22N6O2. The van der Waals surface area contributed by atoms with E-state index in [4.69, 9.17) is 0 Å². The molecule has 1 atom stereocenters. The average molecular weight is 330 g/mol. The van der Waals surface area contributed by atoms with Crippen molar-refractivity contribution in [2.45, 2.75) is 32.9 Å². The predicted molar refractivity (Wildman–Crippen MR) is 87.5 cm³/mol. The smallest absolute Gasteiger partial charge is 0.274 e. The number of aromatic nitrogens is 4. The van der Waals surface area contributed by atoms with Crippen LogP contribution in [0.25, 0.3) is 0 Å². The Hall–Kier alpha value is -2.48. The number of nitrogens with one attached hydrogen (secondary N) is 2. The number of pyridine rings is 1. The summed E-state index contributed by atoms with van der Waals surface area (Å²) in [6, 6.07) is 2.72. The summed E-state index contributed by atoms with van der Waals surface area (Å²) in [6.07, 6.45) is 2.29. The van der Waals surface area contributed by atoms with Crippen molar-refractivity contribution >= 4 is 5.91 Å². The molecule has 0 radical (unpaired) electrons. The Balaban J connectivity index is 1.87. The lowest BCUT2D eigenvalue weighted by Crippen LogP contribution is -2.34. The largest absolute Gasteiger partial charge is 0.505 e. The van der Waals surface area contributed by atoms with Crippen LogP contribution in [0.1, 0.15) is 42.0 Å². The van der Waals surface area contributed by atoms with Crippen molar-refractivity contribution in [2.24, 2.45) is 5.92 Å². The van der Waals surface area contributed by atoms with E-state index < -0.39 is 5.91 Å². The molecule has 0 bridgehead atoms. The number of fused-ring (bicyclic) bond motifs is 1. The van der Waals surface area contributed by atoms with Crippen molar-refractivity contribution in [1.29, 1.82) is 0 Å². The second-order valence-corrected chi connectivity index (χ2v) is 6.19. The Labute approximate surface area is 140 Å². The van der Waals surface area contributed by atoms with Gasteiger partial charge in [-0.1, -0.05) is 13.8 Å². The topological polar surface area (TPSA) is 105 Å². The van der Waals surface area contributed by atoms with Crippen molar-refractivity contribution in [2.75, 3.05) is 13.1 Å². The molecule has 1 amide bonds. The number of rotatable bonds is 4. The van der Waals surface area contributed by atoms with Crippen LogP contribution in [0.2, 0.25) is 0 Å². The highest BCUT2D eigenvalue weighted by Gasteiger charge is 2.27. The van der Waals surface area contributed by atoms with Crippen LogP contribution in [0.5, 0.6) is 5.75 Å². The molecule has 0 saturated heterocycles. The SMILES string of the molecule is CC(C)C(NC(=O)c1ncccc1O)c1nnc2n1CCNCC2. The van der Waals surface area contributed by atoms with E-state index in [9.17, 15) is 9.90 Å². The fourth-order valence-electron chi connectivity index (χ4n) is 2.83. The lowest BCUT2D eigenvalue weighted by atomic mass is 10.0. The first-order valence-electron chi connectivity index (χ1n) is 8.15. The van der Waals surface area contributed by atoms with Crippen LogP contribution < -0.4 is 10.6 Å². The fraction of sp³-hybridized carbons (Fsp3) is 0.500. The number of amides is 1. The average Bonchev–Trinajstić information content (AvgIpc) is 2.80. The summed E-state index contributed by atoms with van der Waals surface area (Å²) in [5.41, 5.74) is 0.0143. The first-order valence-corrected chi connectivity index (χ1v) is 8.15. The van der Waals surface area contributed by atoms with Gasteiger partial charge in [0.05, 0.1) is 6.04 Å². The molecule has 8 heteroatoms. The molecule has 2 aromatic heterocycles. The number of hydrogen-bond acceptors (Lipinski definition) is 6. The molecule has 2 aromatic rings. The summed E-state index contributed by atoms with van der Waals surface area (Å²) in [7, 11) is 0. The molecular weight excluding hydrogens is 308 g/mol. The minimum absolute atomic E-state index is 0.0143. The Morgan fingerprint density at radius 1 is 1.38 bits per heavy atom. The van der Waals surface area contributed by atoms with Gasteiger partial charge in [-0.2, -0.15) is 0 Å². The molecule has 3 rings (SSSR count). The normalized spacial score (nSPS) is 15.6. The van der Waals surface area contributed by atoms with Crippen molar-refractivity contribution in [3.63, 3.8) is 0 Å². The van der Waals surface area contributed by atoms with Gasteiger partial charge < -0.3 is 20.3 Å². The van der Waals surface area contributed by atoms with E-state index in [2.05, 4.69) is 30.4 Å². The molecule has 0 fully saturated rings. The number of carbonyl (C=O) groups excluding carboxylic acids is 1. The van der Waals surface area contributed by atoms with Crippen LogP contribution in [-0.4, -0.2) is 43.9 Å². The van der Waals surface area contributed by atoms with Gasteiger partial charge in [0.2, 0.25) is 0 Å². The van der Waals surface area contributed by atoms with Crippen LogP contribution >= 0.6 is 0 Å². The van der Waals surface area contributed by atoms with E-state index in [1.807, 2.05) is 13.8 Å². The summed E-state index contributed by atoms with van der Waals surface area (Å²) in [5, 5.41) is 24.7. The molecule has 1 aliphatic rings. The van der Waals surface area contributed by atoms with Crippen LogP contribution in [0.4, 0.5) is 0 Å². The second kappa shape index (κ2) is 6.96. The molecule has 0 spiro atoms. The minimum atomic E-state index is -0.420. The van der Waals surface area contributed by atoms with Crippen LogP contribution in [0.3, 0.4) is 0 Å². The molecule has 3 heterocycles. The van der Waals surface area contributed by atoms with Gasteiger partial charge in [0.25, 0.3) is 5.91 Å². The Morgan fingerprint density at radius 2 is 2.21 bits per heavy atom. The quantitative estimate of drug-likeness (QED) is 0.760. The molecule has 1 aliphatic heterocycles. The molecule has 1 unspecified atom stereocenters. The third kappa shape index (κ3) is 3.23. The van der Waals surface area contributed by atoms with Gasteiger partial charge in [-0.15, -0.1) is 10.2 Å². The van der Waals surface area contributed by atoms with Gasteiger partial charge in [-0.3, -0.25) is 4.79 Å². The summed E-state index contributed by atoms with van der Waals surface area (Å²) >= 11 is 0. The Bertz CT molecular complexity index is 727. The molecule has 0 saturated carbocycles. The molecule has 0 aromatic carbocycles. The number of aromatic hydroxyl groups is 1. The zero-order chi connectivity index (χ0) is 17.1. The molecule has 0 aliphatic carbocycles. The zero-order valence-electron chi connectivity index (χ0n) is 13.9. The first-order chi connectivity index (χ1) is 11.6. The number of nitrogens with zero attached hydrogens (tertiary/aromatic N) is 4. The third-order valence-electron chi connectivity index (χ3n) is 4.13. The lowest BCUT2D eigenvalue weighted by molar-refractivity contribution is 0.0913. The first kappa shape index (κ1) is 16.4. The number of hydrogen-bond donors (Lipinski definition) is 3.